The summed E-state index contributed by atoms with van der Waals surface area (Å²) in [6, 6.07) is 7.07. The van der Waals surface area contributed by atoms with Gasteiger partial charge in [0.15, 0.2) is 11.5 Å². The number of nitrogens with zero attached hydrogens (tertiary/aromatic N) is 1. The average molecular weight is 472 g/mol. The molecule has 0 aromatic heterocycles. The summed E-state index contributed by atoms with van der Waals surface area (Å²) < 4.78 is 10.5. The highest BCUT2D eigenvalue weighted by molar-refractivity contribution is 6.46. The van der Waals surface area contributed by atoms with Crippen molar-refractivity contribution >= 4 is 29.1 Å². The number of rotatable bonds is 5. The zero-order chi connectivity index (χ0) is 23.9. The van der Waals surface area contributed by atoms with Crippen LogP contribution in [-0.4, -0.2) is 47.1 Å². The van der Waals surface area contributed by atoms with Crippen molar-refractivity contribution in [2.75, 3.05) is 14.2 Å². The third-order valence-corrected chi connectivity index (χ3v) is 6.64. The Kier molecular flexibility index (Phi) is 6.26. The highest BCUT2D eigenvalue weighted by atomic mass is 35.5. The Balaban J connectivity index is 1.96. The molecular formula is C25H26ClNO6. The van der Waals surface area contributed by atoms with E-state index in [1.165, 1.54) is 20.3 Å². The molecule has 1 saturated carbocycles. The first-order valence-corrected chi connectivity index (χ1v) is 11.2. The van der Waals surface area contributed by atoms with E-state index in [4.69, 9.17) is 21.1 Å². The van der Waals surface area contributed by atoms with Gasteiger partial charge in [-0.3, -0.25) is 9.59 Å². The molecule has 1 aliphatic carbocycles. The average Bonchev–Trinajstić information content (AvgIpc) is 3.39. The third-order valence-electron chi connectivity index (χ3n) is 6.36. The predicted octanol–water partition coefficient (Wildman–Crippen LogP) is 4.74. The number of phenols is 1. The molecule has 0 spiro atoms. The number of amides is 1. The molecule has 4 rings (SSSR count). The molecule has 0 bridgehead atoms. The fourth-order valence-corrected chi connectivity index (χ4v) is 5.22. The fourth-order valence-electron chi connectivity index (χ4n) is 4.87. The molecule has 2 fully saturated rings. The molecule has 1 saturated heterocycles. The van der Waals surface area contributed by atoms with E-state index < -0.39 is 17.7 Å². The summed E-state index contributed by atoms with van der Waals surface area (Å²) in [6.07, 6.45) is 3.45. The van der Waals surface area contributed by atoms with Gasteiger partial charge in [-0.15, -0.1) is 0 Å². The predicted molar refractivity (Wildman–Crippen MR) is 124 cm³/mol. The molecule has 7 nitrogen and oxygen atoms in total. The van der Waals surface area contributed by atoms with E-state index in [9.17, 15) is 19.8 Å². The van der Waals surface area contributed by atoms with Crippen molar-refractivity contribution in [1.29, 1.82) is 0 Å². The summed E-state index contributed by atoms with van der Waals surface area (Å²) in [4.78, 5) is 28.0. The molecule has 1 atom stereocenters. The Morgan fingerprint density at radius 3 is 2.39 bits per heavy atom. The summed E-state index contributed by atoms with van der Waals surface area (Å²) in [5.74, 6) is -1.45. The number of methoxy groups -OCH3 is 2. The Morgan fingerprint density at radius 2 is 1.79 bits per heavy atom. The van der Waals surface area contributed by atoms with Gasteiger partial charge in [0, 0.05) is 6.04 Å². The van der Waals surface area contributed by atoms with Gasteiger partial charge in [-0.2, -0.15) is 0 Å². The molecule has 2 aromatic carbocycles. The number of ketones is 1. The maximum atomic E-state index is 13.3. The number of ether oxygens (including phenoxy) is 2. The lowest BCUT2D eigenvalue weighted by Crippen LogP contribution is -2.37. The van der Waals surface area contributed by atoms with Gasteiger partial charge in [-0.1, -0.05) is 30.5 Å². The third kappa shape index (κ3) is 3.91. The van der Waals surface area contributed by atoms with Crippen LogP contribution in [0.25, 0.3) is 5.76 Å². The van der Waals surface area contributed by atoms with Crippen LogP contribution in [0.4, 0.5) is 0 Å². The van der Waals surface area contributed by atoms with E-state index in [0.29, 0.717) is 5.56 Å². The zero-order valence-corrected chi connectivity index (χ0v) is 19.5. The Hall–Kier alpha value is -3.19. The molecule has 1 aliphatic heterocycles. The Labute approximate surface area is 197 Å². The van der Waals surface area contributed by atoms with Crippen LogP contribution in [0, 0.1) is 6.92 Å². The highest BCUT2D eigenvalue weighted by Crippen LogP contribution is 2.46. The van der Waals surface area contributed by atoms with Gasteiger partial charge in [-0.25, -0.2) is 0 Å². The van der Waals surface area contributed by atoms with Crippen LogP contribution in [0.2, 0.25) is 5.02 Å². The molecule has 2 N–H and O–H groups in total. The number of phenolic OH excluding ortho intramolecular Hbond substituents is 1. The van der Waals surface area contributed by atoms with E-state index >= 15 is 0 Å². The van der Waals surface area contributed by atoms with Crippen molar-refractivity contribution in [2.45, 2.75) is 44.7 Å². The zero-order valence-electron chi connectivity index (χ0n) is 18.7. The number of carbonyl (C=O) groups excluding carboxylic acids is 2. The van der Waals surface area contributed by atoms with Crippen LogP contribution < -0.4 is 9.47 Å². The van der Waals surface area contributed by atoms with Gasteiger partial charge < -0.3 is 24.6 Å². The quantitative estimate of drug-likeness (QED) is 0.371. The van der Waals surface area contributed by atoms with Crippen molar-refractivity contribution < 1.29 is 29.3 Å². The molecule has 0 radical (unpaired) electrons. The molecule has 174 valence electrons. The molecule has 2 aliphatic rings. The number of aliphatic hydroxyl groups excluding tert-OH is 1. The maximum Gasteiger partial charge on any atom is 0.295 e. The number of aromatic hydroxyl groups is 1. The lowest BCUT2D eigenvalue weighted by Gasteiger charge is -2.31. The van der Waals surface area contributed by atoms with Crippen LogP contribution in [0.5, 0.6) is 17.2 Å². The highest BCUT2D eigenvalue weighted by Gasteiger charge is 2.49. The molecule has 33 heavy (non-hydrogen) atoms. The van der Waals surface area contributed by atoms with Gasteiger partial charge in [0.2, 0.25) is 0 Å². The van der Waals surface area contributed by atoms with Crippen molar-refractivity contribution in [2.24, 2.45) is 0 Å². The second-order valence-corrected chi connectivity index (χ2v) is 8.81. The first-order chi connectivity index (χ1) is 15.8. The summed E-state index contributed by atoms with van der Waals surface area (Å²) in [5, 5.41) is 22.1. The topological polar surface area (TPSA) is 96.3 Å². The first kappa shape index (κ1) is 23.0. The van der Waals surface area contributed by atoms with Gasteiger partial charge in [-0.05, 0) is 55.2 Å². The normalized spacial score (nSPS) is 20.5. The van der Waals surface area contributed by atoms with Crippen LogP contribution in [0.3, 0.4) is 0 Å². The molecule has 1 amide bonds. The Morgan fingerprint density at radius 1 is 1.09 bits per heavy atom. The second-order valence-electron chi connectivity index (χ2n) is 8.40. The lowest BCUT2D eigenvalue weighted by atomic mass is 9.93. The minimum absolute atomic E-state index is 0.0589. The minimum Gasteiger partial charge on any atom is -0.507 e. The number of hydrogen-bond acceptors (Lipinski definition) is 6. The van der Waals surface area contributed by atoms with Gasteiger partial charge in [0.1, 0.15) is 11.5 Å². The Bertz CT molecular complexity index is 1150. The summed E-state index contributed by atoms with van der Waals surface area (Å²) in [5.41, 5.74) is 1.43. The van der Waals surface area contributed by atoms with E-state index in [1.54, 1.807) is 36.1 Å². The molecule has 2 aromatic rings. The van der Waals surface area contributed by atoms with E-state index in [2.05, 4.69) is 0 Å². The maximum absolute atomic E-state index is 13.3. The fraction of sp³-hybridized carbons (Fsp3) is 0.360. The molecule has 8 heteroatoms. The molecule has 1 heterocycles. The van der Waals surface area contributed by atoms with Crippen molar-refractivity contribution in [3.63, 3.8) is 0 Å². The summed E-state index contributed by atoms with van der Waals surface area (Å²) >= 11 is 6.32. The molecule has 1 unspecified atom stereocenters. The number of carbonyl (C=O) groups is 2. The standard InChI is InChI=1S/C25H26ClNO6/c1-13-10-16(24(33-3)17(26)11-13)22(29)20-21(14-8-9-19(32-2)18(28)12-14)27(25(31)23(20)30)15-6-4-5-7-15/h8-12,15,21,28-29H,4-7H2,1-3H3/b22-20+. The van der Waals surface area contributed by atoms with Gasteiger partial charge >= 0.3 is 0 Å². The second kappa shape index (κ2) is 8.98. The van der Waals surface area contributed by atoms with Crippen molar-refractivity contribution in [3.8, 4) is 17.2 Å². The number of halogens is 1. The lowest BCUT2D eigenvalue weighted by molar-refractivity contribution is -0.141. The largest absolute Gasteiger partial charge is 0.507 e. The van der Waals surface area contributed by atoms with Crippen LogP contribution in [0.15, 0.2) is 35.9 Å². The monoisotopic (exact) mass is 471 g/mol. The van der Waals surface area contributed by atoms with Crippen molar-refractivity contribution in [3.05, 3.63) is 57.6 Å². The summed E-state index contributed by atoms with van der Waals surface area (Å²) in [6.45, 7) is 1.80. The van der Waals surface area contributed by atoms with Crippen molar-refractivity contribution in [1.82, 2.24) is 4.90 Å². The molecular weight excluding hydrogens is 446 g/mol. The van der Waals surface area contributed by atoms with E-state index in [-0.39, 0.29) is 45.2 Å². The number of hydrogen-bond donors (Lipinski definition) is 2. The number of benzene rings is 2. The number of aryl methyl sites for hydroxylation is 1. The van der Waals surface area contributed by atoms with Crippen LogP contribution >= 0.6 is 11.6 Å². The first-order valence-electron chi connectivity index (χ1n) is 10.8. The van der Waals surface area contributed by atoms with Gasteiger partial charge in [0.05, 0.1) is 36.4 Å². The van der Waals surface area contributed by atoms with E-state index in [0.717, 1.165) is 31.2 Å². The number of Topliss-reactive ketones (excluding diaryl/α,β-unsaturated/α-hetero) is 1. The van der Waals surface area contributed by atoms with E-state index in [1.807, 2.05) is 0 Å². The van der Waals surface area contributed by atoms with Crippen LogP contribution in [0.1, 0.15) is 48.4 Å². The minimum atomic E-state index is -0.867. The van der Waals surface area contributed by atoms with Crippen LogP contribution in [-0.2, 0) is 9.59 Å². The summed E-state index contributed by atoms with van der Waals surface area (Å²) in [7, 11) is 2.86. The van der Waals surface area contributed by atoms with Gasteiger partial charge in [0.25, 0.3) is 11.7 Å². The smallest absolute Gasteiger partial charge is 0.295 e. The number of aliphatic hydroxyl groups is 1. The SMILES string of the molecule is COc1ccc(C2/C(=C(\O)c3cc(C)cc(Cl)c3OC)C(=O)C(=O)N2C2CCCC2)cc1O. The number of likely N-dealkylation sites (tertiary alicyclic amines) is 1.